The maximum atomic E-state index is 13.6. The van der Waals surface area contributed by atoms with Crippen molar-refractivity contribution in [1.29, 1.82) is 0 Å². The van der Waals surface area contributed by atoms with Crippen molar-refractivity contribution in [3.05, 3.63) is 53.3 Å². The van der Waals surface area contributed by atoms with Crippen LogP contribution in [0.1, 0.15) is 57.1 Å². The summed E-state index contributed by atoms with van der Waals surface area (Å²) in [6, 6.07) is 10.8. The first kappa shape index (κ1) is 29.9. The summed E-state index contributed by atoms with van der Waals surface area (Å²) in [7, 11) is 0. The molecule has 0 fully saturated rings. The van der Waals surface area contributed by atoms with Gasteiger partial charge in [-0.3, -0.25) is 5.32 Å². The number of rotatable bonds is 9. The second kappa shape index (κ2) is 14.3. The molecule has 0 aliphatic rings. The first-order chi connectivity index (χ1) is 16.4. The molecule has 2 rings (SSSR count). The fraction of sp³-hybridized carbons (Fsp3) is 0.462. The lowest BCUT2D eigenvalue weighted by molar-refractivity contribution is -0.192. The Bertz CT molecular complexity index is 976. The summed E-state index contributed by atoms with van der Waals surface area (Å²) in [4.78, 5) is 21.3. The van der Waals surface area contributed by atoms with Gasteiger partial charge in [-0.1, -0.05) is 57.2 Å². The van der Waals surface area contributed by atoms with E-state index < -0.39 is 18.2 Å². The third kappa shape index (κ3) is 10.8. The summed E-state index contributed by atoms with van der Waals surface area (Å²) in [5.41, 5.74) is 4.03. The Labute approximate surface area is 203 Å². The highest BCUT2D eigenvalue weighted by atomic mass is 19.4. The molecule has 0 saturated heterocycles. The van der Waals surface area contributed by atoms with Gasteiger partial charge in [-0.05, 0) is 61.6 Å². The first-order valence-electron chi connectivity index (χ1n) is 11.5. The van der Waals surface area contributed by atoms with Gasteiger partial charge in [-0.25, -0.2) is 14.0 Å². The number of benzene rings is 2. The van der Waals surface area contributed by atoms with Crippen LogP contribution in [0.4, 0.5) is 28.0 Å². The van der Waals surface area contributed by atoms with Crippen LogP contribution in [0.2, 0.25) is 0 Å². The van der Waals surface area contributed by atoms with Crippen molar-refractivity contribution in [2.45, 2.75) is 66.0 Å². The van der Waals surface area contributed by atoms with E-state index in [2.05, 4.69) is 19.2 Å². The number of hydrogen-bond acceptors (Lipinski definition) is 3. The molecule has 194 valence electrons. The highest BCUT2D eigenvalue weighted by molar-refractivity contribution is 5.91. The molecule has 0 aliphatic carbocycles. The maximum Gasteiger partial charge on any atom is 0.490 e. The Morgan fingerprint density at radius 2 is 1.71 bits per heavy atom. The predicted molar refractivity (Wildman–Crippen MR) is 128 cm³/mol. The number of amides is 1. The van der Waals surface area contributed by atoms with Crippen LogP contribution in [-0.4, -0.2) is 30.0 Å². The summed E-state index contributed by atoms with van der Waals surface area (Å²) in [5, 5.41) is 9.99. The van der Waals surface area contributed by atoms with Crippen LogP contribution < -0.4 is 5.32 Å². The molecule has 2 N–H and O–H groups in total. The fourth-order valence-electron chi connectivity index (χ4n) is 3.25. The number of aliphatic carboxylic acids is 1. The normalized spacial score (nSPS) is 11.8. The van der Waals surface area contributed by atoms with Gasteiger partial charge in [0.15, 0.2) is 0 Å². The van der Waals surface area contributed by atoms with Gasteiger partial charge >= 0.3 is 18.2 Å². The van der Waals surface area contributed by atoms with Gasteiger partial charge in [0.05, 0.1) is 12.3 Å². The van der Waals surface area contributed by atoms with Crippen molar-refractivity contribution >= 4 is 17.7 Å². The number of carbonyl (C=O) groups excluding carboxylic acids is 1. The number of alkyl halides is 3. The minimum Gasteiger partial charge on any atom is -0.475 e. The Morgan fingerprint density at radius 1 is 1.06 bits per heavy atom. The van der Waals surface area contributed by atoms with Gasteiger partial charge in [0.25, 0.3) is 0 Å². The molecule has 1 amide bonds. The van der Waals surface area contributed by atoms with Crippen LogP contribution in [0.25, 0.3) is 11.1 Å². The van der Waals surface area contributed by atoms with Crippen molar-refractivity contribution in [2.24, 2.45) is 5.92 Å². The number of hydrogen-bond donors (Lipinski definition) is 2. The number of carboxylic acids is 1. The van der Waals surface area contributed by atoms with E-state index in [1.165, 1.54) is 25.3 Å². The average Bonchev–Trinajstić information content (AvgIpc) is 2.79. The van der Waals surface area contributed by atoms with E-state index >= 15 is 0 Å². The highest BCUT2D eigenvalue weighted by Crippen LogP contribution is 2.30. The summed E-state index contributed by atoms with van der Waals surface area (Å²) in [5.74, 6) is -2.60. The van der Waals surface area contributed by atoms with Gasteiger partial charge in [-0.2, -0.15) is 13.2 Å². The largest absolute Gasteiger partial charge is 0.490 e. The van der Waals surface area contributed by atoms with Crippen molar-refractivity contribution < 1.29 is 37.0 Å². The molecular weight excluding hydrogens is 466 g/mol. The Kier molecular flexibility index (Phi) is 12.3. The van der Waals surface area contributed by atoms with Crippen LogP contribution in [-0.2, 0) is 9.53 Å². The van der Waals surface area contributed by atoms with Gasteiger partial charge in [0.1, 0.15) is 5.82 Å². The molecule has 35 heavy (non-hydrogen) atoms. The molecule has 2 aromatic rings. The van der Waals surface area contributed by atoms with Gasteiger partial charge in [-0.15, -0.1) is 0 Å². The zero-order chi connectivity index (χ0) is 26.6. The van der Waals surface area contributed by atoms with Crippen molar-refractivity contribution in [1.82, 2.24) is 0 Å². The van der Waals surface area contributed by atoms with E-state index in [0.29, 0.717) is 23.8 Å². The minimum atomic E-state index is -5.08. The van der Waals surface area contributed by atoms with E-state index in [1.54, 1.807) is 19.1 Å². The first-order valence-corrected chi connectivity index (χ1v) is 11.5. The molecule has 1 atom stereocenters. The Hall–Kier alpha value is -3.10. The lowest BCUT2D eigenvalue weighted by Gasteiger charge is -2.17. The van der Waals surface area contributed by atoms with Gasteiger partial charge < -0.3 is 9.84 Å². The maximum absolute atomic E-state index is 13.6. The van der Waals surface area contributed by atoms with Gasteiger partial charge in [0.2, 0.25) is 0 Å². The number of ether oxygens (including phenoxy) is 1. The van der Waals surface area contributed by atoms with E-state index in [4.69, 9.17) is 14.6 Å². The summed E-state index contributed by atoms with van der Waals surface area (Å²) in [6.45, 7) is 8.48. The molecule has 0 aliphatic heterocycles. The molecule has 9 heteroatoms. The summed E-state index contributed by atoms with van der Waals surface area (Å²) in [6.07, 6.45) is 0.136. The topological polar surface area (TPSA) is 75.6 Å². The molecule has 0 saturated carbocycles. The van der Waals surface area contributed by atoms with Crippen molar-refractivity contribution in [3.63, 3.8) is 0 Å². The molecule has 0 radical (unpaired) electrons. The van der Waals surface area contributed by atoms with E-state index in [9.17, 15) is 22.4 Å². The zero-order valence-electron chi connectivity index (χ0n) is 20.5. The van der Waals surface area contributed by atoms with Crippen LogP contribution in [0.5, 0.6) is 0 Å². The van der Waals surface area contributed by atoms with Crippen LogP contribution in [0, 0.1) is 25.6 Å². The van der Waals surface area contributed by atoms with Crippen LogP contribution in [0.3, 0.4) is 0 Å². The molecule has 0 aromatic heterocycles. The molecule has 0 spiro atoms. The minimum absolute atomic E-state index is 0.237. The van der Waals surface area contributed by atoms with E-state index in [-0.39, 0.29) is 5.82 Å². The average molecular weight is 500 g/mol. The summed E-state index contributed by atoms with van der Waals surface area (Å²) >= 11 is 0. The molecule has 5 nitrogen and oxygen atoms in total. The fourth-order valence-corrected chi connectivity index (χ4v) is 3.25. The zero-order valence-corrected chi connectivity index (χ0v) is 20.5. The molecule has 1 unspecified atom stereocenters. The van der Waals surface area contributed by atoms with Gasteiger partial charge in [0, 0.05) is 5.56 Å². The number of aryl methyl sites for hydroxylation is 2. The number of anilines is 1. The second-order valence-electron chi connectivity index (χ2n) is 8.31. The van der Waals surface area contributed by atoms with E-state index in [1.807, 2.05) is 25.1 Å². The standard InChI is InChI=1S/C24H32FNO2.C2HF3O2/c1-5-7-8-9-19(6-2)16-28-24(27)26-23-13-10-17(3)14-21(23)20-11-12-22(25)18(4)15-20;3-2(4,5)1(6)7/h10-15,19H,5-9,16H2,1-4H3,(H,26,27);(H,6,7). The number of nitrogens with one attached hydrogen (secondary N) is 1. The quantitative estimate of drug-likeness (QED) is 0.272. The van der Waals surface area contributed by atoms with Crippen molar-refractivity contribution in [2.75, 3.05) is 11.9 Å². The van der Waals surface area contributed by atoms with Crippen LogP contribution >= 0.6 is 0 Å². The molecule has 2 aromatic carbocycles. The lowest BCUT2D eigenvalue weighted by Crippen LogP contribution is -2.21. The number of carbonyl (C=O) groups is 2. The monoisotopic (exact) mass is 499 g/mol. The lowest BCUT2D eigenvalue weighted by atomic mass is 9.99. The van der Waals surface area contributed by atoms with Crippen molar-refractivity contribution in [3.8, 4) is 11.1 Å². The molecular formula is C26H33F4NO4. The van der Waals surface area contributed by atoms with Crippen LogP contribution in [0.15, 0.2) is 36.4 Å². The molecule has 0 heterocycles. The number of carboxylic acid groups (broad SMARTS) is 1. The summed E-state index contributed by atoms with van der Waals surface area (Å²) < 4.78 is 50.9. The number of unbranched alkanes of at least 4 members (excludes halogenated alkanes) is 2. The number of halogens is 4. The SMILES string of the molecule is CCCCCC(CC)COC(=O)Nc1ccc(C)cc1-c1ccc(F)c(C)c1.O=C(O)C(F)(F)F. The third-order valence-corrected chi connectivity index (χ3v) is 5.37. The highest BCUT2D eigenvalue weighted by Gasteiger charge is 2.38. The Morgan fingerprint density at radius 3 is 2.26 bits per heavy atom. The predicted octanol–water partition coefficient (Wildman–Crippen LogP) is 7.90. The van der Waals surface area contributed by atoms with E-state index in [0.717, 1.165) is 29.5 Å². The smallest absolute Gasteiger partial charge is 0.475 e. The Balaban J connectivity index is 0.000000762. The third-order valence-electron chi connectivity index (χ3n) is 5.37. The second-order valence-corrected chi connectivity index (χ2v) is 8.31. The molecule has 0 bridgehead atoms.